The molecule has 0 saturated carbocycles. The van der Waals surface area contributed by atoms with Crippen molar-refractivity contribution in [3.63, 3.8) is 0 Å². The molecule has 20 heavy (non-hydrogen) atoms. The fourth-order valence-electron chi connectivity index (χ4n) is 1.87. The minimum Gasteiger partial charge on any atom is -0.481 e. The van der Waals surface area contributed by atoms with E-state index in [0.29, 0.717) is 25.3 Å². The molecule has 6 nitrogen and oxygen atoms in total. The van der Waals surface area contributed by atoms with E-state index in [4.69, 9.17) is 5.11 Å². The summed E-state index contributed by atoms with van der Waals surface area (Å²) in [5.41, 5.74) is 0. The monoisotopic (exact) mass is 308 g/mol. The van der Waals surface area contributed by atoms with Crippen molar-refractivity contribution in [3.05, 3.63) is 0 Å². The number of nitrogens with one attached hydrogen (secondary N) is 1. The highest BCUT2D eigenvalue weighted by atomic mass is 32.2. The number of aliphatic carboxylic acids is 1. The molecule has 0 radical (unpaired) electrons. The summed E-state index contributed by atoms with van der Waals surface area (Å²) in [4.78, 5) is 10.6. The van der Waals surface area contributed by atoms with Crippen LogP contribution in [0.25, 0.3) is 0 Å². The Bertz CT molecular complexity index is 393. The first-order valence-electron chi connectivity index (χ1n) is 7.02. The molecule has 0 aromatic heterocycles. The smallest absolute Gasteiger partial charge is 0.303 e. The van der Waals surface area contributed by atoms with E-state index in [1.165, 1.54) is 11.4 Å². The summed E-state index contributed by atoms with van der Waals surface area (Å²) in [6.45, 7) is 8.01. The predicted octanol–water partition coefficient (Wildman–Crippen LogP) is 1.69. The van der Waals surface area contributed by atoms with Gasteiger partial charge in [0.15, 0.2) is 0 Å². The van der Waals surface area contributed by atoms with Gasteiger partial charge < -0.3 is 5.11 Å². The number of hydrogen-bond acceptors (Lipinski definition) is 3. The molecule has 1 unspecified atom stereocenters. The summed E-state index contributed by atoms with van der Waals surface area (Å²) >= 11 is 0. The van der Waals surface area contributed by atoms with Gasteiger partial charge in [-0.15, -0.1) is 0 Å². The summed E-state index contributed by atoms with van der Waals surface area (Å²) in [5, 5.41) is 8.71. The second kappa shape index (κ2) is 8.59. The quantitative estimate of drug-likeness (QED) is 0.643. The highest BCUT2D eigenvalue weighted by Crippen LogP contribution is 2.20. The van der Waals surface area contributed by atoms with Gasteiger partial charge in [-0.25, -0.2) is 4.72 Å². The number of hydrogen-bond donors (Lipinski definition) is 2. The molecular formula is C13H28N2O4S. The van der Waals surface area contributed by atoms with Gasteiger partial charge in [-0.1, -0.05) is 13.8 Å². The van der Waals surface area contributed by atoms with Gasteiger partial charge in [0.05, 0.1) is 0 Å². The van der Waals surface area contributed by atoms with Gasteiger partial charge in [-0.05, 0) is 38.5 Å². The van der Waals surface area contributed by atoms with E-state index < -0.39 is 16.2 Å². The second-order valence-corrected chi connectivity index (χ2v) is 7.55. The van der Waals surface area contributed by atoms with Gasteiger partial charge in [0, 0.05) is 26.1 Å². The highest BCUT2D eigenvalue weighted by molar-refractivity contribution is 7.87. The van der Waals surface area contributed by atoms with Crippen molar-refractivity contribution in [2.75, 3.05) is 13.6 Å². The topological polar surface area (TPSA) is 86.7 Å². The van der Waals surface area contributed by atoms with Crippen LogP contribution in [0.1, 0.15) is 47.0 Å². The maximum atomic E-state index is 11.9. The molecule has 0 aliphatic heterocycles. The van der Waals surface area contributed by atoms with E-state index >= 15 is 0 Å². The Morgan fingerprint density at radius 3 is 2.15 bits per heavy atom. The lowest BCUT2D eigenvalue weighted by Crippen LogP contribution is -2.42. The van der Waals surface area contributed by atoms with E-state index in [1.54, 1.807) is 0 Å². The molecule has 1 atom stereocenters. The van der Waals surface area contributed by atoms with Crippen molar-refractivity contribution in [2.45, 2.75) is 53.0 Å². The van der Waals surface area contributed by atoms with Gasteiger partial charge >= 0.3 is 5.97 Å². The summed E-state index contributed by atoms with van der Waals surface area (Å²) in [7, 11) is -1.91. The third-order valence-electron chi connectivity index (χ3n) is 3.58. The van der Waals surface area contributed by atoms with Crippen molar-refractivity contribution in [1.82, 2.24) is 9.03 Å². The molecule has 0 aliphatic carbocycles. The Hall–Kier alpha value is -0.660. The maximum absolute atomic E-state index is 11.9. The molecule has 0 amide bonds. The Labute approximate surface area is 122 Å². The molecule has 0 fully saturated rings. The first-order valence-corrected chi connectivity index (χ1v) is 8.46. The summed E-state index contributed by atoms with van der Waals surface area (Å²) in [5.74, 6) is -0.268. The normalized spacial score (nSPS) is 14.2. The van der Waals surface area contributed by atoms with Crippen LogP contribution in [0.15, 0.2) is 0 Å². The van der Waals surface area contributed by atoms with Crippen molar-refractivity contribution in [1.29, 1.82) is 0 Å². The molecule has 120 valence electrons. The third kappa shape index (κ3) is 7.21. The summed E-state index contributed by atoms with van der Waals surface area (Å²) in [6.07, 6.45) is 1.35. The zero-order valence-corrected chi connectivity index (χ0v) is 13.9. The molecule has 0 bridgehead atoms. The SMILES string of the molecule is CC(C)C(CCNS(=O)(=O)N(C)C(C)C)CCC(=O)O. The molecular weight excluding hydrogens is 280 g/mol. The molecule has 2 N–H and O–H groups in total. The van der Waals surface area contributed by atoms with Crippen LogP contribution in [0.2, 0.25) is 0 Å². The van der Waals surface area contributed by atoms with Crippen LogP contribution in [-0.2, 0) is 15.0 Å². The van der Waals surface area contributed by atoms with Crippen LogP contribution in [0.5, 0.6) is 0 Å². The summed E-state index contributed by atoms with van der Waals surface area (Å²) < 4.78 is 27.7. The lowest BCUT2D eigenvalue weighted by molar-refractivity contribution is -0.137. The zero-order chi connectivity index (χ0) is 15.9. The first-order chi connectivity index (χ1) is 9.08. The number of carboxylic acid groups (broad SMARTS) is 1. The standard InChI is InChI=1S/C13H28N2O4S/c1-10(2)12(6-7-13(16)17)8-9-14-20(18,19)15(5)11(3)4/h10-12,14H,6-9H2,1-5H3,(H,16,17). The molecule has 0 aromatic carbocycles. The second-order valence-electron chi connectivity index (χ2n) is 5.73. The number of nitrogens with zero attached hydrogens (tertiary/aromatic N) is 1. The average Bonchev–Trinajstić information content (AvgIpc) is 2.31. The molecule has 7 heteroatoms. The van der Waals surface area contributed by atoms with Crippen LogP contribution < -0.4 is 4.72 Å². The van der Waals surface area contributed by atoms with Crippen LogP contribution in [0.3, 0.4) is 0 Å². The molecule has 0 rings (SSSR count). The first kappa shape index (κ1) is 19.3. The Balaban J connectivity index is 4.33. The van der Waals surface area contributed by atoms with Crippen molar-refractivity contribution in [2.24, 2.45) is 11.8 Å². The number of carboxylic acids is 1. The van der Waals surface area contributed by atoms with Crippen molar-refractivity contribution < 1.29 is 18.3 Å². The third-order valence-corrected chi connectivity index (χ3v) is 5.33. The molecule has 0 heterocycles. The molecule has 0 spiro atoms. The van der Waals surface area contributed by atoms with Crippen molar-refractivity contribution >= 4 is 16.2 Å². The van der Waals surface area contributed by atoms with E-state index in [1.807, 2.05) is 27.7 Å². The van der Waals surface area contributed by atoms with Gasteiger partial charge in [0.1, 0.15) is 0 Å². The Kier molecular flexibility index (Phi) is 8.30. The van der Waals surface area contributed by atoms with E-state index in [0.717, 1.165) is 0 Å². The maximum Gasteiger partial charge on any atom is 0.303 e. The van der Waals surface area contributed by atoms with Gasteiger partial charge in [-0.3, -0.25) is 4.79 Å². The van der Waals surface area contributed by atoms with Crippen LogP contribution >= 0.6 is 0 Å². The van der Waals surface area contributed by atoms with E-state index in [2.05, 4.69) is 4.72 Å². The van der Waals surface area contributed by atoms with E-state index in [9.17, 15) is 13.2 Å². The minimum atomic E-state index is -3.45. The largest absolute Gasteiger partial charge is 0.481 e. The average molecular weight is 308 g/mol. The van der Waals surface area contributed by atoms with Crippen LogP contribution in [0, 0.1) is 11.8 Å². The molecule has 0 aromatic rings. The fourth-order valence-corrected chi connectivity index (χ4v) is 3.01. The van der Waals surface area contributed by atoms with Gasteiger partial charge in [-0.2, -0.15) is 12.7 Å². The van der Waals surface area contributed by atoms with Crippen molar-refractivity contribution in [3.8, 4) is 0 Å². The Morgan fingerprint density at radius 1 is 1.20 bits per heavy atom. The Morgan fingerprint density at radius 2 is 1.75 bits per heavy atom. The number of carbonyl (C=O) groups is 1. The van der Waals surface area contributed by atoms with E-state index in [-0.39, 0.29) is 18.4 Å². The lowest BCUT2D eigenvalue weighted by atomic mass is 9.88. The van der Waals surface area contributed by atoms with Crippen LogP contribution in [-0.4, -0.2) is 43.4 Å². The summed E-state index contributed by atoms with van der Waals surface area (Å²) in [6, 6.07) is -0.0968. The number of rotatable bonds is 10. The molecule has 0 aliphatic rings. The predicted molar refractivity (Wildman–Crippen MR) is 79.6 cm³/mol. The molecule has 0 saturated heterocycles. The van der Waals surface area contributed by atoms with Gasteiger partial charge in [0.25, 0.3) is 10.2 Å². The van der Waals surface area contributed by atoms with Gasteiger partial charge in [0.2, 0.25) is 0 Å². The fraction of sp³-hybridized carbons (Fsp3) is 0.923. The minimum absolute atomic E-state index is 0.0968. The highest BCUT2D eigenvalue weighted by Gasteiger charge is 2.21. The van der Waals surface area contributed by atoms with Crippen LogP contribution in [0.4, 0.5) is 0 Å². The zero-order valence-electron chi connectivity index (χ0n) is 13.1. The lowest BCUT2D eigenvalue weighted by Gasteiger charge is -2.23.